The highest BCUT2D eigenvalue weighted by atomic mass is 16.5. The van der Waals surface area contributed by atoms with Gasteiger partial charge < -0.3 is 9.15 Å². The van der Waals surface area contributed by atoms with Gasteiger partial charge in [0.2, 0.25) is 11.8 Å². The second kappa shape index (κ2) is 5.60. The number of benzene rings is 1. The van der Waals surface area contributed by atoms with Crippen molar-refractivity contribution in [3.8, 4) is 0 Å². The molecule has 0 bridgehead atoms. The lowest BCUT2D eigenvalue weighted by Gasteiger charge is -2.23. The van der Waals surface area contributed by atoms with Gasteiger partial charge in [-0.3, -0.25) is 0 Å². The maximum atomic E-state index is 5.85. The summed E-state index contributed by atoms with van der Waals surface area (Å²) in [5.41, 5.74) is 2.54. The molecule has 1 aromatic carbocycles. The van der Waals surface area contributed by atoms with Crippen molar-refractivity contribution in [2.24, 2.45) is 0 Å². The molecule has 112 valence electrons. The molecule has 2 heterocycles. The summed E-state index contributed by atoms with van der Waals surface area (Å²) in [6, 6.07) is 8.65. The number of hydrogen-bond acceptors (Lipinski definition) is 4. The molecule has 1 aromatic heterocycles. The van der Waals surface area contributed by atoms with Gasteiger partial charge in [-0.2, -0.15) is 0 Å². The first-order valence-corrected chi connectivity index (χ1v) is 7.52. The number of rotatable bonds is 4. The molecule has 1 aliphatic rings. The van der Waals surface area contributed by atoms with Gasteiger partial charge in [0.05, 0.1) is 12.5 Å². The molecule has 0 N–H and O–H groups in total. The van der Waals surface area contributed by atoms with Crippen molar-refractivity contribution in [2.75, 3.05) is 13.2 Å². The fourth-order valence-electron chi connectivity index (χ4n) is 2.72. The van der Waals surface area contributed by atoms with Crippen molar-refractivity contribution in [3.05, 3.63) is 47.2 Å². The van der Waals surface area contributed by atoms with Gasteiger partial charge in [0.15, 0.2) is 0 Å². The normalized spacial score (nSPS) is 19.1. The third-order valence-electron chi connectivity index (χ3n) is 4.19. The fraction of sp³-hybridized carbons (Fsp3) is 0.529. The minimum atomic E-state index is -0.0241. The van der Waals surface area contributed by atoms with E-state index in [2.05, 4.69) is 55.2 Å². The van der Waals surface area contributed by atoms with Crippen LogP contribution in [0.5, 0.6) is 0 Å². The maximum Gasteiger partial charge on any atom is 0.222 e. The molecule has 0 amide bonds. The van der Waals surface area contributed by atoms with Crippen molar-refractivity contribution < 1.29 is 9.15 Å². The van der Waals surface area contributed by atoms with Gasteiger partial charge in [0.1, 0.15) is 0 Å². The topological polar surface area (TPSA) is 48.2 Å². The Morgan fingerprint density at radius 1 is 1.19 bits per heavy atom. The van der Waals surface area contributed by atoms with Crippen molar-refractivity contribution >= 4 is 0 Å². The zero-order chi connectivity index (χ0) is 14.9. The monoisotopic (exact) mass is 286 g/mol. The van der Waals surface area contributed by atoms with Gasteiger partial charge in [0, 0.05) is 13.0 Å². The molecule has 2 aromatic rings. The maximum absolute atomic E-state index is 5.85. The molecular weight excluding hydrogens is 264 g/mol. The average Bonchev–Trinajstić information content (AvgIpc) is 3.09. The Kier molecular flexibility index (Phi) is 3.81. The van der Waals surface area contributed by atoms with E-state index in [4.69, 9.17) is 9.15 Å². The number of nitrogens with zero attached hydrogens (tertiary/aromatic N) is 2. The summed E-state index contributed by atoms with van der Waals surface area (Å²) in [7, 11) is 0. The first kappa shape index (κ1) is 14.3. The Balaban J connectivity index is 1.74. The van der Waals surface area contributed by atoms with Crippen LogP contribution in [-0.2, 0) is 16.6 Å². The largest absolute Gasteiger partial charge is 0.425 e. The Morgan fingerprint density at radius 2 is 1.95 bits per heavy atom. The Labute approximate surface area is 125 Å². The Bertz CT molecular complexity index is 596. The smallest absolute Gasteiger partial charge is 0.222 e. The third kappa shape index (κ3) is 3.16. The summed E-state index contributed by atoms with van der Waals surface area (Å²) in [6.07, 6.45) is 1.72. The number of aryl methyl sites for hydroxylation is 1. The molecule has 0 radical (unpaired) electrons. The minimum Gasteiger partial charge on any atom is -0.425 e. The predicted molar refractivity (Wildman–Crippen MR) is 80.4 cm³/mol. The quantitative estimate of drug-likeness (QED) is 0.864. The molecule has 21 heavy (non-hydrogen) atoms. The summed E-state index contributed by atoms with van der Waals surface area (Å²) in [4.78, 5) is 0. The highest BCUT2D eigenvalue weighted by molar-refractivity contribution is 5.28. The van der Waals surface area contributed by atoms with Gasteiger partial charge in [-0.15, -0.1) is 10.2 Å². The van der Waals surface area contributed by atoms with Crippen LogP contribution < -0.4 is 0 Å². The SMILES string of the molecule is Cc1ccc(C(C)(C)Cc2nnc([C@H]3CCOC3)o2)cc1. The van der Waals surface area contributed by atoms with Crippen LogP contribution in [-0.4, -0.2) is 23.4 Å². The molecule has 0 spiro atoms. The van der Waals surface area contributed by atoms with Gasteiger partial charge in [-0.05, 0) is 24.3 Å². The molecule has 0 unspecified atom stereocenters. The van der Waals surface area contributed by atoms with Crippen LogP contribution in [0.25, 0.3) is 0 Å². The van der Waals surface area contributed by atoms with E-state index in [1.165, 1.54) is 11.1 Å². The van der Waals surface area contributed by atoms with Crippen LogP contribution in [0, 0.1) is 6.92 Å². The van der Waals surface area contributed by atoms with Gasteiger partial charge >= 0.3 is 0 Å². The lowest BCUT2D eigenvalue weighted by atomic mass is 9.81. The Hall–Kier alpha value is -1.68. The van der Waals surface area contributed by atoms with Crippen LogP contribution in [0.1, 0.15) is 49.1 Å². The molecule has 1 fully saturated rings. The zero-order valence-corrected chi connectivity index (χ0v) is 12.9. The van der Waals surface area contributed by atoms with Crippen molar-refractivity contribution in [3.63, 3.8) is 0 Å². The summed E-state index contributed by atoms with van der Waals surface area (Å²) < 4.78 is 11.2. The molecule has 0 aliphatic carbocycles. The molecule has 3 rings (SSSR count). The van der Waals surface area contributed by atoms with Gasteiger partial charge in [-0.1, -0.05) is 43.7 Å². The number of aromatic nitrogens is 2. The molecular formula is C17H22N2O2. The van der Waals surface area contributed by atoms with Crippen LogP contribution in [0.2, 0.25) is 0 Å². The van der Waals surface area contributed by atoms with E-state index < -0.39 is 0 Å². The second-order valence-corrected chi connectivity index (χ2v) is 6.52. The molecule has 1 saturated heterocycles. The van der Waals surface area contributed by atoms with E-state index >= 15 is 0 Å². The van der Waals surface area contributed by atoms with Gasteiger partial charge in [0.25, 0.3) is 0 Å². The number of ether oxygens (including phenoxy) is 1. The average molecular weight is 286 g/mol. The third-order valence-corrected chi connectivity index (χ3v) is 4.19. The highest BCUT2D eigenvalue weighted by Gasteiger charge is 2.27. The second-order valence-electron chi connectivity index (χ2n) is 6.52. The van der Waals surface area contributed by atoms with E-state index in [0.29, 0.717) is 12.5 Å². The van der Waals surface area contributed by atoms with E-state index in [9.17, 15) is 0 Å². The van der Waals surface area contributed by atoms with E-state index in [-0.39, 0.29) is 11.3 Å². The van der Waals surface area contributed by atoms with E-state index in [1.54, 1.807) is 0 Å². The van der Waals surface area contributed by atoms with Crippen LogP contribution in [0.3, 0.4) is 0 Å². The van der Waals surface area contributed by atoms with Crippen molar-refractivity contribution in [1.29, 1.82) is 0 Å². The fourth-order valence-corrected chi connectivity index (χ4v) is 2.72. The highest BCUT2D eigenvalue weighted by Crippen LogP contribution is 2.29. The van der Waals surface area contributed by atoms with Crippen molar-refractivity contribution in [1.82, 2.24) is 10.2 Å². The van der Waals surface area contributed by atoms with E-state index in [0.717, 1.165) is 25.3 Å². The van der Waals surface area contributed by atoms with Crippen molar-refractivity contribution in [2.45, 2.75) is 44.9 Å². The Morgan fingerprint density at radius 3 is 2.62 bits per heavy atom. The molecule has 0 saturated carbocycles. The summed E-state index contributed by atoms with van der Waals surface area (Å²) in [5.74, 6) is 1.71. The minimum absolute atomic E-state index is 0.0241. The van der Waals surface area contributed by atoms with Crippen LogP contribution >= 0.6 is 0 Å². The number of hydrogen-bond donors (Lipinski definition) is 0. The lowest BCUT2D eigenvalue weighted by molar-refractivity contribution is 0.190. The predicted octanol–water partition coefficient (Wildman–Crippen LogP) is 3.40. The standard InChI is InChI=1S/C17H22N2O2/c1-12-4-6-14(7-5-12)17(2,3)10-15-18-19-16(21-15)13-8-9-20-11-13/h4-7,13H,8-11H2,1-3H3/t13-/m0/s1. The first-order chi connectivity index (χ1) is 10.0. The van der Waals surface area contributed by atoms with Crippen LogP contribution in [0.15, 0.2) is 28.7 Å². The molecule has 1 atom stereocenters. The molecule has 1 aliphatic heterocycles. The molecule has 4 heteroatoms. The summed E-state index contributed by atoms with van der Waals surface area (Å²) >= 11 is 0. The van der Waals surface area contributed by atoms with Gasteiger partial charge in [-0.25, -0.2) is 0 Å². The lowest BCUT2D eigenvalue weighted by Crippen LogP contribution is -2.20. The zero-order valence-electron chi connectivity index (χ0n) is 12.9. The summed E-state index contributed by atoms with van der Waals surface area (Å²) in [6.45, 7) is 8.01. The first-order valence-electron chi connectivity index (χ1n) is 7.52. The van der Waals surface area contributed by atoms with E-state index in [1.807, 2.05) is 0 Å². The van der Waals surface area contributed by atoms with Crippen LogP contribution in [0.4, 0.5) is 0 Å². The molecule has 4 nitrogen and oxygen atoms in total. The summed E-state index contributed by atoms with van der Waals surface area (Å²) in [5, 5.41) is 8.41.